The Bertz CT molecular complexity index is 919. The lowest BCUT2D eigenvalue weighted by Crippen LogP contribution is -2.37. The molecule has 1 aromatic heterocycles. The molecule has 3 rings (SSSR count). The van der Waals surface area contributed by atoms with E-state index >= 15 is 0 Å². The van der Waals surface area contributed by atoms with Gasteiger partial charge in [0, 0.05) is 23.6 Å². The van der Waals surface area contributed by atoms with Crippen molar-refractivity contribution < 1.29 is 14.3 Å². The van der Waals surface area contributed by atoms with Gasteiger partial charge < -0.3 is 15.0 Å². The van der Waals surface area contributed by atoms with Crippen LogP contribution < -0.4 is 5.32 Å². The van der Waals surface area contributed by atoms with E-state index in [-0.39, 0.29) is 12.3 Å². The number of aliphatic hydroxyl groups excluding tert-OH is 1. The highest BCUT2D eigenvalue weighted by molar-refractivity contribution is 5.89. The topological polar surface area (TPSA) is 54.3 Å². The van der Waals surface area contributed by atoms with E-state index < -0.39 is 18.0 Å². The van der Waals surface area contributed by atoms with Gasteiger partial charge in [0.1, 0.15) is 5.82 Å². The van der Waals surface area contributed by atoms with E-state index in [4.69, 9.17) is 0 Å². The molecule has 1 heterocycles. The number of aromatic nitrogens is 1. The number of benzene rings is 2. The molecule has 0 aliphatic rings. The molecule has 4 nitrogen and oxygen atoms in total. The van der Waals surface area contributed by atoms with E-state index in [0.717, 1.165) is 23.0 Å². The van der Waals surface area contributed by atoms with Crippen LogP contribution in [0.25, 0.3) is 10.9 Å². The maximum absolute atomic E-state index is 13.3. The average Bonchev–Trinajstić information content (AvgIpc) is 2.98. The van der Waals surface area contributed by atoms with Gasteiger partial charge in [0.25, 0.3) is 0 Å². The first-order valence-corrected chi connectivity index (χ1v) is 8.79. The van der Waals surface area contributed by atoms with E-state index in [1.807, 2.05) is 30.5 Å². The highest BCUT2D eigenvalue weighted by Crippen LogP contribution is 2.22. The van der Waals surface area contributed by atoms with Crippen molar-refractivity contribution in [2.75, 3.05) is 0 Å². The Balaban J connectivity index is 1.71. The van der Waals surface area contributed by atoms with Gasteiger partial charge in [-0.2, -0.15) is 0 Å². The van der Waals surface area contributed by atoms with Crippen molar-refractivity contribution in [3.63, 3.8) is 0 Å². The second-order valence-corrected chi connectivity index (χ2v) is 6.49. The van der Waals surface area contributed by atoms with Gasteiger partial charge in [0.15, 0.2) is 0 Å². The number of halogens is 1. The van der Waals surface area contributed by atoms with Crippen molar-refractivity contribution >= 4 is 16.8 Å². The molecule has 0 unspecified atom stereocenters. The Hall–Kier alpha value is -2.66. The average molecular weight is 354 g/mol. The molecule has 0 saturated heterocycles. The first kappa shape index (κ1) is 18.1. The van der Waals surface area contributed by atoms with Crippen LogP contribution in [0.15, 0.2) is 54.7 Å². The molecule has 3 aromatic rings. The minimum absolute atomic E-state index is 0.174. The number of aliphatic hydroxyl groups is 1. The van der Waals surface area contributed by atoms with E-state index in [1.54, 1.807) is 19.1 Å². The van der Waals surface area contributed by atoms with E-state index in [2.05, 4.69) is 16.8 Å². The second-order valence-electron chi connectivity index (χ2n) is 6.49. The fourth-order valence-electron chi connectivity index (χ4n) is 3.26. The quantitative estimate of drug-likeness (QED) is 0.711. The van der Waals surface area contributed by atoms with Crippen LogP contribution in [0.2, 0.25) is 0 Å². The number of nitrogens with one attached hydrogen (secondary N) is 1. The zero-order valence-corrected chi connectivity index (χ0v) is 14.9. The number of para-hydroxylation sites is 1. The third-order valence-electron chi connectivity index (χ3n) is 4.62. The van der Waals surface area contributed by atoms with Crippen LogP contribution in [0, 0.1) is 5.82 Å². The van der Waals surface area contributed by atoms with Crippen molar-refractivity contribution in [2.45, 2.75) is 39.0 Å². The van der Waals surface area contributed by atoms with Crippen LogP contribution >= 0.6 is 0 Å². The molecule has 0 spiro atoms. The summed E-state index contributed by atoms with van der Waals surface area (Å²) in [7, 11) is 0. The van der Waals surface area contributed by atoms with E-state index in [9.17, 15) is 14.3 Å². The van der Waals surface area contributed by atoms with Crippen molar-refractivity contribution in [3.8, 4) is 0 Å². The first-order chi connectivity index (χ1) is 12.5. The van der Waals surface area contributed by atoms with Crippen molar-refractivity contribution in [3.05, 3.63) is 71.7 Å². The molecule has 136 valence electrons. The van der Waals surface area contributed by atoms with Gasteiger partial charge in [-0.15, -0.1) is 0 Å². The van der Waals surface area contributed by atoms with Crippen LogP contribution in [-0.4, -0.2) is 21.6 Å². The lowest BCUT2D eigenvalue weighted by Gasteiger charge is -2.20. The first-order valence-electron chi connectivity index (χ1n) is 8.79. The molecule has 0 aliphatic heterocycles. The lowest BCUT2D eigenvalue weighted by atomic mass is 10.0. The number of carbonyl (C=O) groups excluding carboxylic acids is 1. The Kier molecular flexibility index (Phi) is 5.38. The number of fused-ring (bicyclic) bond motifs is 1. The molecule has 0 aliphatic carbocycles. The normalized spacial score (nSPS) is 13.5. The molecular weight excluding hydrogens is 331 g/mol. The van der Waals surface area contributed by atoms with E-state index in [1.165, 1.54) is 12.1 Å². The predicted molar refractivity (Wildman–Crippen MR) is 100 cm³/mol. The summed E-state index contributed by atoms with van der Waals surface area (Å²) in [4.78, 5) is 12.5. The SMILES string of the molecule is CCn1cc(CC(=O)N[C@H](C)[C@@H](O)c2cccc(F)c2)c2ccccc21. The molecule has 26 heavy (non-hydrogen) atoms. The zero-order valence-electron chi connectivity index (χ0n) is 14.9. The predicted octanol–water partition coefficient (Wildman–Crippen LogP) is 3.58. The number of nitrogens with zero attached hydrogens (tertiary/aromatic N) is 1. The monoisotopic (exact) mass is 354 g/mol. The molecule has 2 N–H and O–H groups in total. The zero-order chi connectivity index (χ0) is 18.7. The number of hydrogen-bond acceptors (Lipinski definition) is 2. The fourth-order valence-corrected chi connectivity index (χ4v) is 3.26. The minimum Gasteiger partial charge on any atom is -0.386 e. The highest BCUT2D eigenvalue weighted by atomic mass is 19.1. The van der Waals surface area contributed by atoms with Gasteiger partial charge in [-0.25, -0.2) is 4.39 Å². The smallest absolute Gasteiger partial charge is 0.224 e. The summed E-state index contributed by atoms with van der Waals surface area (Å²) < 4.78 is 15.4. The molecule has 0 fully saturated rings. The summed E-state index contributed by atoms with van der Waals surface area (Å²) in [5, 5.41) is 14.2. The van der Waals surface area contributed by atoms with Gasteiger partial charge in [0.2, 0.25) is 5.91 Å². The molecule has 5 heteroatoms. The van der Waals surface area contributed by atoms with Crippen LogP contribution in [0.3, 0.4) is 0 Å². The van der Waals surface area contributed by atoms with Gasteiger partial charge in [-0.3, -0.25) is 4.79 Å². The molecule has 1 amide bonds. The summed E-state index contributed by atoms with van der Waals surface area (Å²) in [5.41, 5.74) is 2.50. The van der Waals surface area contributed by atoms with Crippen molar-refractivity contribution in [2.24, 2.45) is 0 Å². The molecular formula is C21H23FN2O2. The second kappa shape index (κ2) is 7.70. The Morgan fingerprint density at radius 3 is 2.73 bits per heavy atom. The molecule has 0 saturated carbocycles. The number of amides is 1. The molecule has 0 radical (unpaired) electrons. The maximum atomic E-state index is 13.3. The third kappa shape index (κ3) is 3.78. The molecule has 2 aromatic carbocycles. The number of rotatable bonds is 6. The van der Waals surface area contributed by atoms with Crippen molar-refractivity contribution in [1.29, 1.82) is 0 Å². The summed E-state index contributed by atoms with van der Waals surface area (Å²) in [6.45, 7) is 4.60. The van der Waals surface area contributed by atoms with Crippen LogP contribution in [0.4, 0.5) is 4.39 Å². The molecule has 2 atom stereocenters. The van der Waals surface area contributed by atoms with Crippen molar-refractivity contribution in [1.82, 2.24) is 9.88 Å². The number of hydrogen-bond donors (Lipinski definition) is 2. The number of aryl methyl sites for hydroxylation is 1. The summed E-state index contributed by atoms with van der Waals surface area (Å²) >= 11 is 0. The maximum Gasteiger partial charge on any atom is 0.224 e. The Morgan fingerprint density at radius 2 is 2.00 bits per heavy atom. The summed E-state index contributed by atoms with van der Waals surface area (Å²) in [6.07, 6.45) is 1.26. The lowest BCUT2D eigenvalue weighted by molar-refractivity contribution is -0.121. The van der Waals surface area contributed by atoms with Crippen LogP contribution in [-0.2, 0) is 17.8 Å². The summed E-state index contributed by atoms with van der Waals surface area (Å²) in [5.74, 6) is -0.584. The van der Waals surface area contributed by atoms with E-state index in [0.29, 0.717) is 5.56 Å². The highest BCUT2D eigenvalue weighted by Gasteiger charge is 2.20. The van der Waals surface area contributed by atoms with Gasteiger partial charge in [-0.1, -0.05) is 30.3 Å². The Labute approximate surface area is 152 Å². The Morgan fingerprint density at radius 1 is 1.23 bits per heavy atom. The van der Waals surface area contributed by atoms with Gasteiger partial charge in [0.05, 0.1) is 18.6 Å². The minimum atomic E-state index is -0.966. The van der Waals surface area contributed by atoms with Gasteiger partial charge in [-0.05, 0) is 43.2 Å². The van der Waals surface area contributed by atoms with Gasteiger partial charge >= 0.3 is 0 Å². The molecule has 0 bridgehead atoms. The summed E-state index contributed by atoms with van der Waals surface area (Å²) in [6, 6.07) is 13.3. The van der Waals surface area contributed by atoms with Crippen LogP contribution in [0.5, 0.6) is 0 Å². The van der Waals surface area contributed by atoms with Crippen LogP contribution in [0.1, 0.15) is 31.1 Å². The number of carbonyl (C=O) groups is 1. The standard InChI is InChI=1S/C21H23FN2O2/c1-3-24-13-16(18-9-4-5-10-19(18)24)12-20(25)23-14(2)21(26)15-7-6-8-17(22)11-15/h4-11,13-14,21,26H,3,12H2,1-2H3,(H,23,25)/t14-,21-/m1/s1. The fraction of sp³-hybridized carbons (Fsp3) is 0.286. The largest absolute Gasteiger partial charge is 0.386 e. The third-order valence-corrected chi connectivity index (χ3v) is 4.62.